The van der Waals surface area contributed by atoms with Crippen LogP contribution in [0.3, 0.4) is 0 Å². The number of carbonyl (C=O) groups excluding carboxylic acids is 2. The molecule has 170 valence electrons. The second kappa shape index (κ2) is 9.40. The molecule has 2 aliphatic heterocycles. The molecule has 32 heavy (non-hydrogen) atoms. The summed E-state index contributed by atoms with van der Waals surface area (Å²) in [5.74, 6) is 0.232. The van der Waals surface area contributed by atoms with E-state index < -0.39 is 16.1 Å². The first-order valence-corrected chi connectivity index (χ1v) is 12.2. The molecule has 0 N–H and O–H groups in total. The highest BCUT2D eigenvalue weighted by Crippen LogP contribution is 2.25. The molecule has 0 saturated carbocycles. The quantitative estimate of drug-likeness (QED) is 0.589. The molecule has 0 bridgehead atoms. The molecule has 9 heteroatoms. The lowest BCUT2D eigenvalue weighted by Gasteiger charge is -2.36. The Morgan fingerprint density at radius 1 is 0.938 bits per heavy atom. The number of amides is 2. The summed E-state index contributed by atoms with van der Waals surface area (Å²) in [7, 11) is -3.63. The van der Waals surface area contributed by atoms with E-state index >= 15 is 0 Å². The van der Waals surface area contributed by atoms with Crippen LogP contribution >= 0.6 is 0 Å². The molecular formula is C23H27N3O5S. The lowest BCUT2D eigenvalue weighted by Crippen LogP contribution is -2.53. The topological polar surface area (TPSA) is 87.2 Å². The summed E-state index contributed by atoms with van der Waals surface area (Å²) in [6.07, 6.45) is 0.136. The van der Waals surface area contributed by atoms with Crippen molar-refractivity contribution < 1.29 is 22.7 Å². The summed E-state index contributed by atoms with van der Waals surface area (Å²) in [5, 5.41) is 0. The number of hydrogen-bond donors (Lipinski definition) is 0. The molecule has 8 nitrogen and oxygen atoms in total. The van der Waals surface area contributed by atoms with Gasteiger partial charge in [0.05, 0.1) is 30.5 Å². The Hall–Kier alpha value is -2.75. The second-order valence-electron chi connectivity index (χ2n) is 7.87. The van der Waals surface area contributed by atoms with Crippen LogP contribution in [0.2, 0.25) is 0 Å². The number of benzene rings is 2. The number of sulfonamides is 1. The van der Waals surface area contributed by atoms with E-state index in [-0.39, 0.29) is 42.8 Å². The average Bonchev–Trinajstić information content (AvgIpc) is 3.09. The molecule has 0 spiro atoms. The fourth-order valence-electron chi connectivity index (χ4n) is 4.16. The minimum atomic E-state index is -3.63. The van der Waals surface area contributed by atoms with E-state index in [1.165, 1.54) is 9.21 Å². The maximum Gasteiger partial charge on any atom is 0.247 e. The minimum absolute atomic E-state index is 0.136. The standard InChI is InChI=1S/C23H27N3O5S/c1-2-31-19-8-10-20(11-9-19)32(29,30)25-14-12-24(13-15-25)21-16-22(27)26(23(21)28)17-18-6-4-3-5-7-18/h3-11,21H,2,12-17H2,1H3/t21-/m0/s1. The van der Waals surface area contributed by atoms with Crippen molar-refractivity contribution in [2.45, 2.75) is 30.8 Å². The summed E-state index contributed by atoms with van der Waals surface area (Å²) in [6.45, 7) is 3.99. The van der Waals surface area contributed by atoms with Crippen LogP contribution in [0.4, 0.5) is 0 Å². The van der Waals surface area contributed by atoms with Crippen LogP contribution < -0.4 is 4.74 Å². The molecular weight excluding hydrogens is 430 g/mol. The molecule has 2 aromatic carbocycles. The zero-order valence-electron chi connectivity index (χ0n) is 18.0. The third-order valence-electron chi connectivity index (χ3n) is 5.89. The molecule has 0 unspecified atom stereocenters. The Morgan fingerprint density at radius 2 is 1.59 bits per heavy atom. The van der Waals surface area contributed by atoms with Gasteiger partial charge in [0.25, 0.3) is 0 Å². The number of imide groups is 1. The van der Waals surface area contributed by atoms with Crippen molar-refractivity contribution >= 4 is 21.8 Å². The van der Waals surface area contributed by atoms with Gasteiger partial charge < -0.3 is 4.74 Å². The molecule has 0 aliphatic carbocycles. The monoisotopic (exact) mass is 457 g/mol. The van der Waals surface area contributed by atoms with E-state index in [1.54, 1.807) is 24.3 Å². The molecule has 2 heterocycles. The smallest absolute Gasteiger partial charge is 0.247 e. The third kappa shape index (κ3) is 4.55. The van der Waals surface area contributed by atoms with E-state index in [9.17, 15) is 18.0 Å². The van der Waals surface area contributed by atoms with Crippen LogP contribution in [0.5, 0.6) is 5.75 Å². The van der Waals surface area contributed by atoms with Crippen molar-refractivity contribution in [2.75, 3.05) is 32.8 Å². The van der Waals surface area contributed by atoms with E-state index in [0.29, 0.717) is 25.4 Å². The first-order valence-electron chi connectivity index (χ1n) is 10.8. The van der Waals surface area contributed by atoms with E-state index in [0.717, 1.165) is 5.56 Å². The summed E-state index contributed by atoms with van der Waals surface area (Å²) in [6, 6.07) is 15.3. The largest absolute Gasteiger partial charge is 0.494 e. The predicted molar refractivity (Wildman–Crippen MR) is 118 cm³/mol. The number of nitrogens with zero attached hydrogens (tertiary/aromatic N) is 3. The number of hydrogen-bond acceptors (Lipinski definition) is 6. The van der Waals surface area contributed by atoms with Gasteiger partial charge in [0.15, 0.2) is 0 Å². The molecule has 2 fully saturated rings. The number of ether oxygens (including phenoxy) is 1. The van der Waals surface area contributed by atoms with Gasteiger partial charge in [-0.15, -0.1) is 0 Å². The Kier molecular flexibility index (Phi) is 6.59. The van der Waals surface area contributed by atoms with Crippen LogP contribution in [0, 0.1) is 0 Å². The lowest BCUT2D eigenvalue weighted by atomic mass is 10.2. The highest BCUT2D eigenvalue weighted by molar-refractivity contribution is 7.89. The Labute approximate surface area is 188 Å². The Bertz CT molecular complexity index is 1060. The highest BCUT2D eigenvalue weighted by Gasteiger charge is 2.43. The van der Waals surface area contributed by atoms with Gasteiger partial charge in [0, 0.05) is 26.2 Å². The summed E-state index contributed by atoms with van der Waals surface area (Å²) in [5.41, 5.74) is 0.904. The Morgan fingerprint density at radius 3 is 2.22 bits per heavy atom. The van der Waals surface area contributed by atoms with Crippen LogP contribution in [0.15, 0.2) is 59.5 Å². The molecule has 2 saturated heterocycles. The normalized spacial score (nSPS) is 20.7. The van der Waals surface area contributed by atoms with Crippen LogP contribution in [0.25, 0.3) is 0 Å². The van der Waals surface area contributed by atoms with Crippen LogP contribution in [-0.2, 0) is 26.2 Å². The van der Waals surface area contributed by atoms with Crippen LogP contribution in [-0.4, -0.2) is 73.2 Å². The van der Waals surface area contributed by atoms with Gasteiger partial charge in [-0.25, -0.2) is 8.42 Å². The van der Waals surface area contributed by atoms with Gasteiger partial charge in [-0.3, -0.25) is 19.4 Å². The lowest BCUT2D eigenvalue weighted by molar-refractivity contribution is -0.140. The summed E-state index contributed by atoms with van der Waals surface area (Å²) >= 11 is 0. The summed E-state index contributed by atoms with van der Waals surface area (Å²) < 4.78 is 32.8. The van der Waals surface area contributed by atoms with Crippen molar-refractivity contribution in [3.63, 3.8) is 0 Å². The minimum Gasteiger partial charge on any atom is -0.494 e. The van der Waals surface area contributed by atoms with E-state index in [2.05, 4.69) is 0 Å². The third-order valence-corrected chi connectivity index (χ3v) is 7.80. The number of rotatable bonds is 7. The maximum atomic E-state index is 13.0. The Balaban J connectivity index is 1.38. The molecule has 4 rings (SSSR count). The fraction of sp³-hybridized carbons (Fsp3) is 0.391. The average molecular weight is 458 g/mol. The van der Waals surface area contributed by atoms with E-state index in [4.69, 9.17) is 4.74 Å². The highest BCUT2D eigenvalue weighted by atomic mass is 32.2. The molecule has 2 aliphatic rings. The molecule has 1 atom stereocenters. The number of piperazine rings is 1. The van der Waals surface area contributed by atoms with Gasteiger partial charge in [0.2, 0.25) is 21.8 Å². The van der Waals surface area contributed by atoms with Gasteiger partial charge in [-0.1, -0.05) is 30.3 Å². The number of carbonyl (C=O) groups is 2. The molecule has 0 radical (unpaired) electrons. The van der Waals surface area contributed by atoms with Gasteiger partial charge in [-0.2, -0.15) is 4.31 Å². The SMILES string of the molecule is CCOc1ccc(S(=O)(=O)N2CCN([C@H]3CC(=O)N(Cc4ccccc4)C3=O)CC2)cc1. The predicted octanol–water partition coefficient (Wildman–Crippen LogP) is 1.72. The maximum absolute atomic E-state index is 13.0. The van der Waals surface area contributed by atoms with Gasteiger partial charge in [0.1, 0.15) is 5.75 Å². The molecule has 2 amide bonds. The fourth-order valence-corrected chi connectivity index (χ4v) is 5.58. The zero-order chi connectivity index (χ0) is 22.7. The zero-order valence-corrected chi connectivity index (χ0v) is 18.8. The molecule has 0 aromatic heterocycles. The van der Waals surface area contributed by atoms with Crippen molar-refractivity contribution in [3.05, 3.63) is 60.2 Å². The van der Waals surface area contributed by atoms with Gasteiger partial charge in [-0.05, 0) is 36.8 Å². The van der Waals surface area contributed by atoms with E-state index in [1.807, 2.05) is 42.2 Å². The van der Waals surface area contributed by atoms with Crippen molar-refractivity contribution in [3.8, 4) is 5.75 Å². The van der Waals surface area contributed by atoms with Gasteiger partial charge >= 0.3 is 0 Å². The van der Waals surface area contributed by atoms with Crippen molar-refractivity contribution in [1.82, 2.24) is 14.1 Å². The summed E-state index contributed by atoms with van der Waals surface area (Å²) in [4.78, 5) is 28.9. The number of likely N-dealkylation sites (tertiary alicyclic amines) is 1. The first-order chi connectivity index (χ1) is 15.4. The van der Waals surface area contributed by atoms with Crippen molar-refractivity contribution in [1.29, 1.82) is 0 Å². The first kappa shape index (κ1) is 22.4. The van der Waals surface area contributed by atoms with Crippen LogP contribution in [0.1, 0.15) is 18.9 Å². The second-order valence-corrected chi connectivity index (χ2v) is 9.81. The van der Waals surface area contributed by atoms with Crippen molar-refractivity contribution in [2.24, 2.45) is 0 Å². The molecule has 2 aromatic rings.